The zero-order valence-corrected chi connectivity index (χ0v) is 13.0. The van der Waals surface area contributed by atoms with Gasteiger partial charge >= 0.3 is 0 Å². The third-order valence-corrected chi connectivity index (χ3v) is 3.92. The maximum absolute atomic E-state index is 13.5. The Morgan fingerprint density at radius 2 is 1.78 bits per heavy atom. The molecule has 0 unspecified atom stereocenters. The van der Waals surface area contributed by atoms with Gasteiger partial charge in [0.2, 0.25) is 0 Å². The van der Waals surface area contributed by atoms with Gasteiger partial charge in [0.25, 0.3) is 0 Å². The van der Waals surface area contributed by atoms with Gasteiger partial charge in [-0.25, -0.2) is 4.39 Å². The van der Waals surface area contributed by atoms with Crippen LogP contribution in [0.5, 0.6) is 0 Å². The number of rotatable bonds is 7. The predicted octanol–water partition coefficient (Wildman–Crippen LogP) is 4.02. The van der Waals surface area contributed by atoms with Crippen molar-refractivity contribution in [3.05, 3.63) is 71.5 Å². The molecule has 0 radical (unpaired) electrons. The fourth-order valence-corrected chi connectivity index (χ4v) is 2.81. The van der Waals surface area contributed by atoms with Gasteiger partial charge in [0.15, 0.2) is 5.79 Å². The SMILES string of the molecule is Fc1cccc(C2(CCCOCc3ccccc3)OCCO2)c1. The Hall–Kier alpha value is -1.75. The highest BCUT2D eigenvalue weighted by atomic mass is 19.1. The second-order valence-electron chi connectivity index (χ2n) is 5.60. The van der Waals surface area contributed by atoms with Crippen molar-refractivity contribution in [3.63, 3.8) is 0 Å². The van der Waals surface area contributed by atoms with Crippen LogP contribution in [-0.2, 0) is 26.6 Å². The standard InChI is InChI=1S/C19H21FO3/c20-18-9-4-8-17(14-18)19(22-12-13-23-19)10-5-11-21-15-16-6-2-1-3-7-16/h1-4,6-9,14H,5,10-13,15H2. The van der Waals surface area contributed by atoms with Crippen molar-refractivity contribution in [2.24, 2.45) is 0 Å². The van der Waals surface area contributed by atoms with E-state index in [0.717, 1.165) is 17.5 Å². The molecule has 3 nitrogen and oxygen atoms in total. The third kappa shape index (κ3) is 4.16. The summed E-state index contributed by atoms with van der Waals surface area (Å²) in [5, 5.41) is 0. The summed E-state index contributed by atoms with van der Waals surface area (Å²) in [4.78, 5) is 0. The molecule has 0 saturated carbocycles. The molecule has 0 spiro atoms. The predicted molar refractivity (Wildman–Crippen MR) is 85.3 cm³/mol. The molecule has 2 aromatic carbocycles. The Balaban J connectivity index is 1.52. The van der Waals surface area contributed by atoms with E-state index in [9.17, 15) is 4.39 Å². The molecule has 0 amide bonds. The maximum atomic E-state index is 13.5. The Morgan fingerprint density at radius 3 is 2.52 bits per heavy atom. The van der Waals surface area contributed by atoms with Crippen LogP contribution >= 0.6 is 0 Å². The molecule has 0 aromatic heterocycles. The minimum atomic E-state index is -0.835. The summed E-state index contributed by atoms with van der Waals surface area (Å²) in [5.41, 5.74) is 1.89. The summed E-state index contributed by atoms with van der Waals surface area (Å²) in [6.07, 6.45) is 1.43. The highest BCUT2D eigenvalue weighted by molar-refractivity contribution is 5.22. The van der Waals surface area contributed by atoms with E-state index < -0.39 is 5.79 Å². The van der Waals surface area contributed by atoms with Gasteiger partial charge in [-0.15, -0.1) is 0 Å². The largest absolute Gasteiger partial charge is 0.377 e. The first kappa shape index (κ1) is 16.1. The third-order valence-electron chi connectivity index (χ3n) is 3.92. The number of hydrogen-bond acceptors (Lipinski definition) is 3. The fourth-order valence-electron chi connectivity index (χ4n) is 2.81. The van der Waals surface area contributed by atoms with Crippen molar-refractivity contribution in [3.8, 4) is 0 Å². The summed E-state index contributed by atoms with van der Waals surface area (Å²) in [5.74, 6) is -1.11. The first-order valence-electron chi connectivity index (χ1n) is 7.94. The van der Waals surface area contributed by atoms with Crippen molar-refractivity contribution in [2.75, 3.05) is 19.8 Å². The molecule has 0 atom stereocenters. The van der Waals surface area contributed by atoms with Crippen LogP contribution in [0.3, 0.4) is 0 Å². The maximum Gasteiger partial charge on any atom is 0.195 e. The van der Waals surface area contributed by atoms with Crippen LogP contribution in [0.15, 0.2) is 54.6 Å². The summed E-state index contributed by atoms with van der Waals surface area (Å²) in [6.45, 7) is 2.26. The molecule has 0 N–H and O–H groups in total. The van der Waals surface area contributed by atoms with Crippen molar-refractivity contribution in [2.45, 2.75) is 25.2 Å². The summed E-state index contributed by atoms with van der Waals surface area (Å²) in [7, 11) is 0. The van der Waals surface area contributed by atoms with Gasteiger partial charge in [0.1, 0.15) is 5.82 Å². The smallest absolute Gasteiger partial charge is 0.195 e. The number of hydrogen-bond donors (Lipinski definition) is 0. The van der Waals surface area contributed by atoms with Gasteiger partial charge in [0, 0.05) is 18.6 Å². The van der Waals surface area contributed by atoms with E-state index in [-0.39, 0.29) is 5.82 Å². The lowest BCUT2D eigenvalue weighted by Crippen LogP contribution is -2.27. The molecule has 1 aliphatic heterocycles. The van der Waals surface area contributed by atoms with Crippen LogP contribution in [0, 0.1) is 5.82 Å². The second-order valence-corrected chi connectivity index (χ2v) is 5.60. The molecule has 2 aromatic rings. The normalized spacial score (nSPS) is 16.6. The fraction of sp³-hybridized carbons (Fsp3) is 0.368. The lowest BCUT2D eigenvalue weighted by atomic mass is 10.0. The summed E-state index contributed by atoms with van der Waals surface area (Å²) in [6, 6.07) is 16.5. The first-order chi connectivity index (χ1) is 11.3. The van der Waals surface area contributed by atoms with E-state index in [0.29, 0.717) is 32.8 Å². The van der Waals surface area contributed by atoms with Crippen LogP contribution in [0.1, 0.15) is 24.0 Å². The number of halogens is 1. The molecule has 1 saturated heterocycles. The van der Waals surface area contributed by atoms with Crippen molar-refractivity contribution >= 4 is 0 Å². The second kappa shape index (κ2) is 7.68. The number of ether oxygens (including phenoxy) is 3. The summed E-state index contributed by atoms with van der Waals surface area (Å²) >= 11 is 0. The average Bonchev–Trinajstić information content (AvgIpc) is 3.06. The van der Waals surface area contributed by atoms with Crippen molar-refractivity contribution < 1.29 is 18.6 Å². The van der Waals surface area contributed by atoms with Crippen LogP contribution in [-0.4, -0.2) is 19.8 Å². The van der Waals surface area contributed by atoms with Crippen LogP contribution in [0.2, 0.25) is 0 Å². The van der Waals surface area contributed by atoms with Gasteiger partial charge in [-0.2, -0.15) is 0 Å². The number of benzene rings is 2. The van der Waals surface area contributed by atoms with Crippen molar-refractivity contribution in [1.29, 1.82) is 0 Å². The van der Waals surface area contributed by atoms with Crippen LogP contribution < -0.4 is 0 Å². The van der Waals surface area contributed by atoms with Gasteiger partial charge in [-0.3, -0.25) is 0 Å². The zero-order chi connectivity index (χ0) is 16.0. The van der Waals surface area contributed by atoms with Gasteiger partial charge in [-0.1, -0.05) is 42.5 Å². The van der Waals surface area contributed by atoms with Gasteiger partial charge in [0.05, 0.1) is 19.8 Å². The molecule has 3 rings (SSSR count). The lowest BCUT2D eigenvalue weighted by molar-refractivity contribution is -0.173. The van der Waals surface area contributed by atoms with Crippen LogP contribution in [0.25, 0.3) is 0 Å². The highest BCUT2D eigenvalue weighted by Gasteiger charge is 2.38. The minimum absolute atomic E-state index is 0.277. The monoisotopic (exact) mass is 316 g/mol. The molecule has 23 heavy (non-hydrogen) atoms. The average molecular weight is 316 g/mol. The van der Waals surface area contributed by atoms with E-state index in [1.165, 1.54) is 12.1 Å². The molecule has 122 valence electrons. The Morgan fingerprint density at radius 1 is 1.00 bits per heavy atom. The molecular formula is C19H21FO3. The molecule has 1 aliphatic rings. The van der Waals surface area contributed by atoms with Crippen LogP contribution in [0.4, 0.5) is 4.39 Å². The molecule has 1 heterocycles. The van der Waals surface area contributed by atoms with E-state index in [2.05, 4.69) is 0 Å². The first-order valence-corrected chi connectivity index (χ1v) is 7.94. The van der Waals surface area contributed by atoms with E-state index in [1.807, 2.05) is 36.4 Å². The van der Waals surface area contributed by atoms with Gasteiger partial charge < -0.3 is 14.2 Å². The van der Waals surface area contributed by atoms with E-state index in [4.69, 9.17) is 14.2 Å². The van der Waals surface area contributed by atoms with Gasteiger partial charge in [-0.05, 0) is 24.1 Å². The Bertz CT molecular complexity index is 609. The Labute approximate surface area is 136 Å². The molecule has 1 fully saturated rings. The molecule has 0 bridgehead atoms. The van der Waals surface area contributed by atoms with E-state index >= 15 is 0 Å². The topological polar surface area (TPSA) is 27.7 Å². The Kier molecular flexibility index (Phi) is 5.39. The molecule has 4 heteroatoms. The lowest BCUT2D eigenvalue weighted by Gasteiger charge is -2.28. The minimum Gasteiger partial charge on any atom is -0.377 e. The highest BCUT2D eigenvalue weighted by Crippen LogP contribution is 2.36. The molecule has 0 aliphatic carbocycles. The quantitative estimate of drug-likeness (QED) is 0.722. The summed E-state index contributed by atoms with van der Waals surface area (Å²) < 4.78 is 30.8. The van der Waals surface area contributed by atoms with Crippen molar-refractivity contribution in [1.82, 2.24) is 0 Å². The zero-order valence-electron chi connectivity index (χ0n) is 13.0. The van der Waals surface area contributed by atoms with E-state index in [1.54, 1.807) is 6.07 Å². The molecular weight excluding hydrogens is 295 g/mol.